The molecule has 0 saturated heterocycles. The van der Waals surface area contributed by atoms with Gasteiger partial charge in [0.2, 0.25) is 5.91 Å². The Balaban J connectivity index is 2.13. The summed E-state index contributed by atoms with van der Waals surface area (Å²) in [5.41, 5.74) is 1.68. The number of nitrogens with zero attached hydrogens (tertiary/aromatic N) is 4. The third-order valence-corrected chi connectivity index (χ3v) is 3.27. The third-order valence-electron chi connectivity index (χ3n) is 3.27. The molecule has 0 fully saturated rings. The van der Waals surface area contributed by atoms with E-state index >= 15 is 0 Å². The fraction of sp³-hybridized carbons (Fsp3) is 0.692. The van der Waals surface area contributed by atoms with Crippen molar-refractivity contribution < 1.29 is 9.90 Å². The van der Waals surface area contributed by atoms with E-state index in [-0.39, 0.29) is 5.91 Å². The van der Waals surface area contributed by atoms with E-state index in [2.05, 4.69) is 5.10 Å². The lowest BCUT2D eigenvalue weighted by atomic mass is 10.2. The van der Waals surface area contributed by atoms with Crippen molar-refractivity contribution in [2.45, 2.75) is 32.5 Å². The Hall–Kier alpha value is -1.40. The van der Waals surface area contributed by atoms with E-state index in [4.69, 9.17) is 0 Å². The normalized spacial score (nSPS) is 17.2. The van der Waals surface area contributed by atoms with Crippen molar-refractivity contribution in [3.8, 4) is 0 Å². The van der Waals surface area contributed by atoms with Crippen LogP contribution in [0.25, 0.3) is 0 Å². The molecule has 0 spiro atoms. The summed E-state index contributed by atoms with van der Waals surface area (Å²) in [6.45, 7) is 4.27. The summed E-state index contributed by atoms with van der Waals surface area (Å²) in [4.78, 5) is 15.9. The Kier molecular flexibility index (Phi) is 4.21. The number of likely N-dealkylation sites (N-methyl/N-ethyl adjacent to an activating group) is 1. The summed E-state index contributed by atoms with van der Waals surface area (Å²) in [6.07, 6.45) is 0.331. The van der Waals surface area contributed by atoms with Crippen LogP contribution in [-0.4, -0.2) is 57.8 Å². The molecule has 1 aromatic heterocycles. The zero-order chi connectivity index (χ0) is 14.0. The fourth-order valence-electron chi connectivity index (χ4n) is 2.27. The molecule has 2 rings (SSSR count). The molecule has 1 aromatic rings. The minimum absolute atomic E-state index is 0.137. The van der Waals surface area contributed by atoms with Gasteiger partial charge >= 0.3 is 0 Å². The summed E-state index contributed by atoms with van der Waals surface area (Å²) in [6, 6.07) is 1.89. The van der Waals surface area contributed by atoms with E-state index in [1.165, 1.54) is 0 Å². The van der Waals surface area contributed by atoms with Crippen molar-refractivity contribution in [2.24, 2.45) is 0 Å². The molecule has 0 aliphatic carbocycles. The molecule has 0 aromatic carbocycles. The van der Waals surface area contributed by atoms with Gasteiger partial charge in [-0.2, -0.15) is 5.10 Å². The predicted molar refractivity (Wildman–Crippen MR) is 71.4 cm³/mol. The maximum absolute atomic E-state index is 12.1. The highest BCUT2D eigenvalue weighted by molar-refractivity contribution is 5.78. The largest absolute Gasteiger partial charge is 0.387 e. The number of aliphatic hydroxyl groups is 1. The standard InChI is InChI=1S/C13H22N4O2/c1-10(18)12-7-11-8-16(13(19)9-15(2)3)5-4-6-17(11)14-12/h7,10,18H,4-6,8-9H2,1-3H3/t10-/m0/s1. The lowest BCUT2D eigenvalue weighted by molar-refractivity contribution is -0.132. The van der Waals surface area contributed by atoms with Crippen LogP contribution in [0.15, 0.2) is 6.07 Å². The topological polar surface area (TPSA) is 61.6 Å². The summed E-state index contributed by atoms with van der Waals surface area (Å²) in [5, 5.41) is 14.0. The minimum atomic E-state index is -0.564. The molecule has 0 radical (unpaired) electrons. The molecule has 19 heavy (non-hydrogen) atoms. The van der Waals surface area contributed by atoms with Crippen molar-refractivity contribution in [3.05, 3.63) is 17.5 Å². The molecule has 6 nitrogen and oxygen atoms in total. The second kappa shape index (κ2) is 5.71. The van der Waals surface area contributed by atoms with Crippen LogP contribution in [0, 0.1) is 0 Å². The van der Waals surface area contributed by atoms with E-state index in [1.807, 2.05) is 34.6 Å². The fourth-order valence-corrected chi connectivity index (χ4v) is 2.27. The zero-order valence-corrected chi connectivity index (χ0v) is 11.8. The van der Waals surface area contributed by atoms with E-state index in [1.54, 1.807) is 6.92 Å². The molecule has 1 atom stereocenters. The average molecular weight is 266 g/mol. The monoisotopic (exact) mass is 266 g/mol. The quantitative estimate of drug-likeness (QED) is 0.851. The van der Waals surface area contributed by atoms with Crippen molar-refractivity contribution in [3.63, 3.8) is 0 Å². The predicted octanol–water partition coefficient (Wildman–Crippen LogP) is 0.230. The summed E-state index contributed by atoms with van der Waals surface area (Å²) >= 11 is 0. The van der Waals surface area contributed by atoms with Crippen LogP contribution in [-0.2, 0) is 17.9 Å². The molecule has 2 heterocycles. The molecule has 1 amide bonds. The number of aromatic nitrogens is 2. The number of carbonyl (C=O) groups excluding carboxylic acids is 1. The lowest BCUT2D eigenvalue weighted by Crippen LogP contribution is -2.37. The highest BCUT2D eigenvalue weighted by atomic mass is 16.3. The first-order valence-corrected chi connectivity index (χ1v) is 6.64. The molecular formula is C13H22N4O2. The molecule has 6 heteroatoms. The van der Waals surface area contributed by atoms with E-state index in [0.717, 1.165) is 25.2 Å². The van der Waals surface area contributed by atoms with Crippen LogP contribution in [0.4, 0.5) is 0 Å². The van der Waals surface area contributed by atoms with E-state index in [9.17, 15) is 9.90 Å². The van der Waals surface area contributed by atoms with Crippen molar-refractivity contribution >= 4 is 5.91 Å². The molecule has 1 aliphatic heterocycles. The zero-order valence-electron chi connectivity index (χ0n) is 11.8. The second-order valence-corrected chi connectivity index (χ2v) is 5.37. The van der Waals surface area contributed by atoms with Crippen LogP contribution in [0.1, 0.15) is 30.8 Å². The summed E-state index contributed by atoms with van der Waals surface area (Å²) in [7, 11) is 3.79. The number of rotatable bonds is 3. The third kappa shape index (κ3) is 3.33. The molecule has 1 N–H and O–H groups in total. The smallest absolute Gasteiger partial charge is 0.237 e. The van der Waals surface area contributed by atoms with Crippen molar-refractivity contribution in [1.82, 2.24) is 19.6 Å². The highest BCUT2D eigenvalue weighted by Gasteiger charge is 2.21. The van der Waals surface area contributed by atoms with Gasteiger partial charge in [-0.05, 0) is 33.5 Å². The molecule has 1 aliphatic rings. The second-order valence-electron chi connectivity index (χ2n) is 5.37. The first-order chi connectivity index (χ1) is 8.97. The summed E-state index contributed by atoms with van der Waals surface area (Å²) < 4.78 is 1.91. The first-order valence-electron chi connectivity index (χ1n) is 6.64. The highest BCUT2D eigenvalue weighted by Crippen LogP contribution is 2.17. The number of fused-ring (bicyclic) bond motifs is 1. The molecule has 0 bridgehead atoms. The SMILES string of the molecule is C[C@H](O)c1cc2n(n1)CCCN(C(=O)CN(C)C)C2. The summed E-state index contributed by atoms with van der Waals surface area (Å²) in [5.74, 6) is 0.137. The number of hydrogen-bond donors (Lipinski definition) is 1. The van der Waals surface area contributed by atoms with Crippen LogP contribution in [0.2, 0.25) is 0 Å². The lowest BCUT2D eigenvalue weighted by Gasteiger charge is -2.22. The van der Waals surface area contributed by atoms with Gasteiger partial charge in [0.05, 0.1) is 30.6 Å². The number of hydrogen-bond acceptors (Lipinski definition) is 4. The Morgan fingerprint density at radius 2 is 2.26 bits per heavy atom. The van der Waals surface area contributed by atoms with Gasteiger partial charge < -0.3 is 14.9 Å². The van der Waals surface area contributed by atoms with Crippen LogP contribution in [0.3, 0.4) is 0 Å². The number of aryl methyl sites for hydroxylation is 1. The average Bonchev–Trinajstić information content (AvgIpc) is 2.61. The Bertz CT molecular complexity index is 453. The van der Waals surface area contributed by atoms with Gasteiger partial charge in [-0.15, -0.1) is 0 Å². The van der Waals surface area contributed by atoms with E-state index in [0.29, 0.717) is 18.8 Å². The van der Waals surface area contributed by atoms with Crippen LogP contribution >= 0.6 is 0 Å². The van der Waals surface area contributed by atoms with Gasteiger partial charge in [0, 0.05) is 13.1 Å². The van der Waals surface area contributed by atoms with E-state index < -0.39 is 6.10 Å². The van der Waals surface area contributed by atoms with Gasteiger partial charge in [0.15, 0.2) is 0 Å². The van der Waals surface area contributed by atoms with Gasteiger partial charge in [0.1, 0.15) is 0 Å². The molecule has 106 valence electrons. The Morgan fingerprint density at radius 3 is 2.89 bits per heavy atom. The van der Waals surface area contributed by atoms with Gasteiger partial charge in [-0.1, -0.05) is 0 Å². The number of amides is 1. The first kappa shape index (κ1) is 14.0. The van der Waals surface area contributed by atoms with Gasteiger partial charge in [-0.25, -0.2) is 0 Å². The molecule has 0 saturated carbocycles. The minimum Gasteiger partial charge on any atom is -0.387 e. The number of carbonyl (C=O) groups is 1. The van der Waals surface area contributed by atoms with Gasteiger partial charge in [0.25, 0.3) is 0 Å². The van der Waals surface area contributed by atoms with Crippen LogP contribution < -0.4 is 0 Å². The molecule has 0 unspecified atom stereocenters. The molecular weight excluding hydrogens is 244 g/mol. The Morgan fingerprint density at radius 1 is 1.53 bits per heavy atom. The Labute approximate surface area is 113 Å². The number of aliphatic hydroxyl groups excluding tert-OH is 1. The van der Waals surface area contributed by atoms with Gasteiger partial charge in [-0.3, -0.25) is 9.48 Å². The maximum atomic E-state index is 12.1. The van der Waals surface area contributed by atoms with Crippen molar-refractivity contribution in [1.29, 1.82) is 0 Å². The van der Waals surface area contributed by atoms with Crippen molar-refractivity contribution in [2.75, 3.05) is 27.2 Å². The van der Waals surface area contributed by atoms with Crippen LogP contribution in [0.5, 0.6) is 0 Å². The maximum Gasteiger partial charge on any atom is 0.237 e.